The van der Waals surface area contributed by atoms with Crippen molar-refractivity contribution in [2.45, 2.75) is 0 Å². The second-order valence-electron chi connectivity index (χ2n) is 3.39. The molecule has 1 heterocycles. The van der Waals surface area contributed by atoms with Crippen LogP contribution < -0.4 is 10.5 Å². The fourth-order valence-electron chi connectivity index (χ4n) is 1.47. The molecule has 1 aromatic heterocycles. The minimum absolute atomic E-state index is 0.609. The lowest BCUT2D eigenvalue weighted by molar-refractivity contribution is 0.413. The molecule has 0 unspecified atom stereocenters. The molecule has 0 radical (unpaired) electrons. The largest absolute Gasteiger partial charge is 0.495 e. The van der Waals surface area contributed by atoms with E-state index in [0.29, 0.717) is 16.5 Å². The summed E-state index contributed by atoms with van der Waals surface area (Å²) < 4.78 is 5.11. The van der Waals surface area contributed by atoms with E-state index in [4.69, 9.17) is 22.1 Å². The highest BCUT2D eigenvalue weighted by Gasteiger charge is 2.02. The lowest BCUT2D eigenvalue weighted by Crippen LogP contribution is -1.88. The third-order valence-corrected chi connectivity index (χ3v) is 2.42. The first kappa shape index (κ1) is 10.8. The molecule has 2 rings (SSSR count). The zero-order valence-corrected chi connectivity index (χ0v) is 9.53. The number of ether oxygens (including phenoxy) is 1. The number of anilines is 1. The molecule has 2 aromatic rings. The summed E-state index contributed by atoms with van der Waals surface area (Å²) in [7, 11) is 1.60. The van der Waals surface area contributed by atoms with Crippen molar-refractivity contribution in [1.29, 1.82) is 0 Å². The van der Waals surface area contributed by atoms with Crippen molar-refractivity contribution < 1.29 is 4.74 Å². The molecule has 0 aliphatic heterocycles. The number of hydrogen-bond acceptors (Lipinski definition) is 3. The van der Waals surface area contributed by atoms with E-state index in [1.807, 2.05) is 18.2 Å². The summed E-state index contributed by atoms with van der Waals surface area (Å²) in [5, 5.41) is 0.609. The van der Waals surface area contributed by atoms with E-state index in [2.05, 4.69) is 4.98 Å². The number of benzene rings is 1. The highest BCUT2D eigenvalue weighted by molar-refractivity contribution is 6.31. The van der Waals surface area contributed by atoms with Crippen LogP contribution in [0.15, 0.2) is 36.7 Å². The van der Waals surface area contributed by atoms with E-state index < -0.39 is 0 Å². The SMILES string of the molecule is COc1cncc(-c2cc(N)cc(Cl)c2)c1. The zero-order valence-electron chi connectivity index (χ0n) is 8.77. The van der Waals surface area contributed by atoms with Gasteiger partial charge in [-0.1, -0.05) is 11.6 Å². The van der Waals surface area contributed by atoms with Gasteiger partial charge < -0.3 is 10.5 Å². The monoisotopic (exact) mass is 234 g/mol. The molecule has 0 atom stereocenters. The average Bonchev–Trinajstić information content (AvgIpc) is 2.28. The van der Waals surface area contributed by atoms with Gasteiger partial charge >= 0.3 is 0 Å². The normalized spacial score (nSPS) is 10.1. The molecule has 0 aliphatic rings. The first-order valence-electron chi connectivity index (χ1n) is 4.74. The summed E-state index contributed by atoms with van der Waals surface area (Å²) in [5.41, 5.74) is 8.21. The molecule has 0 fully saturated rings. The molecule has 0 saturated carbocycles. The van der Waals surface area contributed by atoms with E-state index in [0.717, 1.165) is 11.1 Å². The van der Waals surface area contributed by atoms with Crippen LogP contribution in [0.3, 0.4) is 0 Å². The summed E-state index contributed by atoms with van der Waals surface area (Å²) in [5.74, 6) is 0.705. The number of pyridine rings is 1. The zero-order chi connectivity index (χ0) is 11.5. The van der Waals surface area contributed by atoms with Gasteiger partial charge in [0, 0.05) is 22.5 Å². The van der Waals surface area contributed by atoms with Crippen LogP contribution in [0.25, 0.3) is 11.1 Å². The molecular weight excluding hydrogens is 224 g/mol. The van der Waals surface area contributed by atoms with Crippen molar-refractivity contribution in [2.24, 2.45) is 0 Å². The second kappa shape index (κ2) is 4.41. The molecule has 2 N–H and O–H groups in total. The quantitative estimate of drug-likeness (QED) is 0.813. The van der Waals surface area contributed by atoms with Crippen LogP contribution in [0.1, 0.15) is 0 Å². The first-order chi connectivity index (χ1) is 7.69. The van der Waals surface area contributed by atoms with Gasteiger partial charge in [-0.3, -0.25) is 4.98 Å². The van der Waals surface area contributed by atoms with Crippen LogP contribution in [0.4, 0.5) is 5.69 Å². The summed E-state index contributed by atoms with van der Waals surface area (Å²) in [6, 6.07) is 7.29. The lowest BCUT2D eigenvalue weighted by Gasteiger charge is -2.05. The first-order valence-corrected chi connectivity index (χ1v) is 5.12. The number of aromatic nitrogens is 1. The highest BCUT2D eigenvalue weighted by atomic mass is 35.5. The number of methoxy groups -OCH3 is 1. The van der Waals surface area contributed by atoms with Crippen LogP contribution in [0.5, 0.6) is 5.75 Å². The lowest BCUT2D eigenvalue weighted by atomic mass is 10.1. The van der Waals surface area contributed by atoms with Crippen LogP contribution in [-0.2, 0) is 0 Å². The maximum atomic E-state index is 5.94. The Labute approximate surface area is 98.8 Å². The Bertz CT molecular complexity index is 494. The third-order valence-electron chi connectivity index (χ3n) is 2.20. The number of rotatable bonds is 2. The fourth-order valence-corrected chi connectivity index (χ4v) is 1.71. The molecule has 16 heavy (non-hydrogen) atoms. The van der Waals surface area contributed by atoms with Crippen molar-refractivity contribution in [1.82, 2.24) is 4.98 Å². The summed E-state index contributed by atoms with van der Waals surface area (Å²) in [4.78, 5) is 4.08. The maximum absolute atomic E-state index is 5.94. The molecule has 4 heteroatoms. The Morgan fingerprint density at radius 3 is 2.62 bits per heavy atom. The number of halogens is 1. The molecule has 0 spiro atoms. The highest BCUT2D eigenvalue weighted by Crippen LogP contribution is 2.27. The standard InChI is InChI=1S/C12H11ClN2O/c1-16-12-4-9(6-15-7-12)8-2-10(13)5-11(14)3-8/h2-7H,14H2,1H3. The second-order valence-corrected chi connectivity index (χ2v) is 3.82. The molecule has 0 aliphatic carbocycles. The number of nitrogens with two attached hydrogens (primary N) is 1. The van der Waals surface area contributed by atoms with E-state index in [1.54, 1.807) is 25.6 Å². The van der Waals surface area contributed by atoms with Crippen LogP contribution in [0, 0.1) is 0 Å². The van der Waals surface area contributed by atoms with Crippen molar-refractivity contribution in [3.05, 3.63) is 41.7 Å². The third kappa shape index (κ3) is 2.25. The molecule has 3 nitrogen and oxygen atoms in total. The van der Waals surface area contributed by atoms with Crippen molar-refractivity contribution in [3.63, 3.8) is 0 Å². The van der Waals surface area contributed by atoms with Gasteiger partial charge in [-0.2, -0.15) is 0 Å². The molecule has 0 amide bonds. The molecule has 82 valence electrons. The number of nitrogens with zero attached hydrogens (tertiary/aromatic N) is 1. The molecule has 0 bridgehead atoms. The maximum Gasteiger partial charge on any atom is 0.137 e. The van der Waals surface area contributed by atoms with Gasteiger partial charge in [0.25, 0.3) is 0 Å². The van der Waals surface area contributed by atoms with Gasteiger partial charge in [-0.25, -0.2) is 0 Å². The van der Waals surface area contributed by atoms with Crippen LogP contribution in [0.2, 0.25) is 5.02 Å². The van der Waals surface area contributed by atoms with Gasteiger partial charge in [0.2, 0.25) is 0 Å². The van der Waals surface area contributed by atoms with Crippen molar-refractivity contribution in [3.8, 4) is 16.9 Å². The Hall–Kier alpha value is -1.74. The van der Waals surface area contributed by atoms with Gasteiger partial charge in [-0.15, -0.1) is 0 Å². The summed E-state index contributed by atoms with van der Waals surface area (Å²) >= 11 is 5.94. The Morgan fingerprint density at radius 1 is 1.12 bits per heavy atom. The van der Waals surface area contributed by atoms with Crippen LogP contribution >= 0.6 is 11.6 Å². The van der Waals surface area contributed by atoms with Gasteiger partial charge in [-0.05, 0) is 29.8 Å². The summed E-state index contributed by atoms with van der Waals surface area (Å²) in [6.45, 7) is 0. The topological polar surface area (TPSA) is 48.1 Å². The molecule has 1 aromatic carbocycles. The van der Waals surface area contributed by atoms with E-state index in [-0.39, 0.29) is 0 Å². The van der Waals surface area contributed by atoms with E-state index >= 15 is 0 Å². The Morgan fingerprint density at radius 2 is 1.94 bits per heavy atom. The van der Waals surface area contributed by atoms with Crippen molar-refractivity contribution >= 4 is 17.3 Å². The van der Waals surface area contributed by atoms with E-state index in [1.165, 1.54) is 0 Å². The van der Waals surface area contributed by atoms with Gasteiger partial charge in [0.1, 0.15) is 5.75 Å². The average molecular weight is 235 g/mol. The minimum Gasteiger partial charge on any atom is -0.495 e. The fraction of sp³-hybridized carbons (Fsp3) is 0.0833. The van der Waals surface area contributed by atoms with Gasteiger partial charge in [0.05, 0.1) is 13.3 Å². The van der Waals surface area contributed by atoms with Gasteiger partial charge in [0.15, 0.2) is 0 Å². The Kier molecular flexibility index (Phi) is 2.97. The van der Waals surface area contributed by atoms with Crippen LogP contribution in [-0.4, -0.2) is 12.1 Å². The van der Waals surface area contributed by atoms with Crippen molar-refractivity contribution in [2.75, 3.05) is 12.8 Å². The number of hydrogen-bond donors (Lipinski definition) is 1. The Balaban J connectivity index is 2.49. The van der Waals surface area contributed by atoms with E-state index in [9.17, 15) is 0 Å². The smallest absolute Gasteiger partial charge is 0.137 e. The summed E-state index contributed by atoms with van der Waals surface area (Å²) in [6.07, 6.45) is 3.39. The molecular formula is C12H11ClN2O. The minimum atomic E-state index is 0.609. The predicted octanol–water partition coefficient (Wildman–Crippen LogP) is 2.99. The number of nitrogen functional groups attached to an aromatic ring is 1. The predicted molar refractivity (Wildman–Crippen MR) is 65.6 cm³/mol. The molecule has 0 saturated heterocycles.